The number of hydrogen-bond acceptors (Lipinski definition) is 4. The second kappa shape index (κ2) is 13.0. The SMILES string of the molecule is C[n+]1cccc2ccccc21.C[n+]1cccc2ccccc21.O=C([O-])C(F)(F)F.O=C([O-])C(F)(F)F. The van der Waals surface area contributed by atoms with Crippen LogP contribution in [0.15, 0.2) is 85.2 Å². The third-order valence-corrected chi connectivity index (χ3v) is 4.27. The summed E-state index contributed by atoms with van der Waals surface area (Å²) in [4.78, 5) is 17.6. The van der Waals surface area contributed by atoms with Crippen LogP contribution in [0, 0.1) is 0 Å². The number of para-hydroxylation sites is 2. The first-order valence-electron chi connectivity index (χ1n) is 9.87. The number of carbonyl (C=O) groups excluding carboxylic acids is 2. The number of alkyl halides is 6. The molecule has 192 valence electrons. The molecule has 6 nitrogen and oxygen atoms in total. The Kier molecular flexibility index (Phi) is 10.8. The third-order valence-electron chi connectivity index (χ3n) is 4.27. The Balaban J connectivity index is 0.000000247. The van der Waals surface area contributed by atoms with Gasteiger partial charge < -0.3 is 19.8 Å². The molecule has 0 fully saturated rings. The predicted octanol–water partition coefficient (Wildman–Crippen LogP) is 1.93. The molecule has 2 heterocycles. The number of rotatable bonds is 0. The summed E-state index contributed by atoms with van der Waals surface area (Å²) in [7, 11) is 4.12. The van der Waals surface area contributed by atoms with Crippen molar-refractivity contribution >= 4 is 33.7 Å². The van der Waals surface area contributed by atoms with E-state index in [0.717, 1.165) is 0 Å². The number of aromatic nitrogens is 2. The third kappa shape index (κ3) is 9.95. The van der Waals surface area contributed by atoms with Gasteiger partial charge >= 0.3 is 12.4 Å². The largest absolute Gasteiger partial charge is 0.542 e. The van der Waals surface area contributed by atoms with E-state index in [1.54, 1.807) is 0 Å². The lowest BCUT2D eigenvalue weighted by Crippen LogP contribution is -2.37. The number of benzene rings is 2. The maximum absolute atomic E-state index is 10.5. The number of nitrogens with zero attached hydrogens (tertiary/aromatic N) is 2. The quantitative estimate of drug-likeness (QED) is 0.265. The summed E-state index contributed by atoms with van der Waals surface area (Å²) in [6.45, 7) is 0. The van der Waals surface area contributed by atoms with Crippen molar-refractivity contribution in [2.45, 2.75) is 12.4 Å². The average Bonchev–Trinajstić information content (AvgIpc) is 2.80. The van der Waals surface area contributed by atoms with Crippen LogP contribution in [0.3, 0.4) is 0 Å². The normalized spacial score (nSPS) is 10.7. The van der Waals surface area contributed by atoms with Crippen LogP contribution >= 0.6 is 0 Å². The lowest BCUT2D eigenvalue weighted by molar-refractivity contribution is -0.645. The molecule has 0 unspecified atom stereocenters. The fourth-order valence-electron chi connectivity index (χ4n) is 2.61. The second-order valence-electron chi connectivity index (χ2n) is 6.93. The number of halogens is 6. The maximum atomic E-state index is 10.5. The summed E-state index contributed by atoms with van der Waals surface area (Å²) in [5.74, 6) is -6.01. The van der Waals surface area contributed by atoms with Gasteiger partial charge in [0.1, 0.15) is 26.0 Å². The topological polar surface area (TPSA) is 88.0 Å². The first kappa shape index (κ1) is 29.8. The molecule has 0 N–H and O–H groups in total. The first-order chi connectivity index (χ1) is 16.6. The molecule has 0 saturated carbocycles. The molecule has 12 heteroatoms. The molecule has 36 heavy (non-hydrogen) atoms. The monoisotopic (exact) mass is 514 g/mol. The van der Waals surface area contributed by atoms with Crippen LogP contribution in [0.4, 0.5) is 26.3 Å². The van der Waals surface area contributed by atoms with Gasteiger partial charge in [0, 0.05) is 35.0 Å². The van der Waals surface area contributed by atoms with Crippen LogP contribution in [0.5, 0.6) is 0 Å². The maximum Gasteiger partial charge on any atom is 0.430 e. The standard InChI is InChI=1S/2C10H10N.2C2HF3O2/c2*1-11-8-4-6-9-5-2-3-7-10(9)11;2*3-2(4,5)1(6)7/h2*2-8H,1H3;2*(H,6,7)/q2*+1;;/p-2. The van der Waals surface area contributed by atoms with E-state index in [-0.39, 0.29) is 0 Å². The van der Waals surface area contributed by atoms with Crippen molar-refractivity contribution in [2.75, 3.05) is 0 Å². The Bertz CT molecular complexity index is 1200. The highest BCUT2D eigenvalue weighted by Gasteiger charge is 2.29. The summed E-state index contributed by atoms with van der Waals surface area (Å²) in [6, 6.07) is 25.1. The smallest absolute Gasteiger partial charge is 0.430 e. The molecule has 0 amide bonds. The van der Waals surface area contributed by atoms with Crippen LogP contribution in [-0.2, 0) is 23.7 Å². The fraction of sp³-hybridized carbons (Fsp3) is 0.167. The zero-order chi connectivity index (χ0) is 27.5. The van der Waals surface area contributed by atoms with Gasteiger partial charge in [-0.1, -0.05) is 24.3 Å². The number of carbonyl (C=O) groups is 2. The van der Waals surface area contributed by atoms with Crippen LogP contribution in [-0.4, -0.2) is 24.3 Å². The van der Waals surface area contributed by atoms with Crippen LogP contribution in [0.25, 0.3) is 21.8 Å². The van der Waals surface area contributed by atoms with Crippen LogP contribution in [0.2, 0.25) is 0 Å². The molecule has 0 aliphatic rings. The number of pyridine rings is 2. The van der Waals surface area contributed by atoms with Crippen molar-refractivity contribution in [3.05, 3.63) is 85.2 Å². The molecule has 4 rings (SSSR count). The molecule has 4 aromatic rings. The second-order valence-corrected chi connectivity index (χ2v) is 6.93. The Hall–Kier alpha value is -4.22. The minimum atomic E-state index is -5.19. The number of fused-ring (bicyclic) bond motifs is 2. The Labute approximate surface area is 201 Å². The highest BCUT2D eigenvalue weighted by Crippen LogP contribution is 2.12. The van der Waals surface area contributed by atoms with E-state index in [9.17, 15) is 26.3 Å². The summed E-state index contributed by atoms with van der Waals surface area (Å²) in [5.41, 5.74) is 2.55. The number of carboxylic acid groups (broad SMARTS) is 2. The van der Waals surface area contributed by atoms with Crippen LogP contribution in [0.1, 0.15) is 0 Å². The molecule has 0 aliphatic carbocycles. The predicted molar refractivity (Wildman–Crippen MR) is 112 cm³/mol. The van der Waals surface area contributed by atoms with Gasteiger partial charge in [0.05, 0.1) is 0 Å². The summed E-state index contributed by atoms with van der Waals surface area (Å²) < 4.78 is 67.3. The van der Waals surface area contributed by atoms with Gasteiger partial charge in [-0.25, -0.2) is 9.13 Å². The molecule has 0 atom stereocenters. The molecule has 0 radical (unpaired) electrons. The van der Waals surface area contributed by atoms with E-state index in [1.807, 2.05) is 0 Å². The molecule has 0 spiro atoms. The van der Waals surface area contributed by atoms with Crippen molar-refractivity contribution in [3.8, 4) is 0 Å². The Morgan fingerprint density at radius 1 is 0.583 bits per heavy atom. The van der Waals surface area contributed by atoms with Gasteiger partial charge in [-0.15, -0.1) is 0 Å². The van der Waals surface area contributed by atoms with Crippen molar-refractivity contribution in [1.82, 2.24) is 0 Å². The van der Waals surface area contributed by atoms with Gasteiger partial charge in [-0.3, -0.25) is 0 Å². The van der Waals surface area contributed by atoms with Crippen LogP contribution < -0.4 is 19.3 Å². The van der Waals surface area contributed by atoms with Crippen molar-refractivity contribution in [3.63, 3.8) is 0 Å². The van der Waals surface area contributed by atoms with Crippen molar-refractivity contribution in [1.29, 1.82) is 0 Å². The van der Waals surface area contributed by atoms with E-state index in [2.05, 4.69) is 108 Å². The van der Waals surface area contributed by atoms with E-state index in [0.29, 0.717) is 0 Å². The molecule has 0 saturated heterocycles. The van der Waals surface area contributed by atoms with Crippen molar-refractivity contribution < 1.29 is 55.3 Å². The lowest BCUT2D eigenvalue weighted by atomic mass is 10.2. The number of hydrogen-bond donors (Lipinski definition) is 0. The highest BCUT2D eigenvalue weighted by atomic mass is 19.4. The molecule has 0 bridgehead atoms. The lowest BCUT2D eigenvalue weighted by Gasteiger charge is -2.03. The van der Waals surface area contributed by atoms with Gasteiger partial charge in [0.25, 0.3) is 0 Å². The first-order valence-corrected chi connectivity index (χ1v) is 9.87. The Morgan fingerprint density at radius 3 is 1.08 bits per heavy atom. The van der Waals surface area contributed by atoms with E-state index in [1.165, 1.54) is 21.8 Å². The zero-order valence-electron chi connectivity index (χ0n) is 18.9. The Morgan fingerprint density at radius 2 is 0.833 bits per heavy atom. The van der Waals surface area contributed by atoms with Gasteiger partial charge in [-0.2, -0.15) is 26.3 Å². The number of aliphatic carboxylic acids is 2. The van der Waals surface area contributed by atoms with E-state index < -0.39 is 24.3 Å². The van der Waals surface area contributed by atoms with Crippen molar-refractivity contribution in [2.24, 2.45) is 14.1 Å². The number of carboxylic acids is 2. The van der Waals surface area contributed by atoms with Gasteiger partial charge in [0.15, 0.2) is 12.4 Å². The average molecular weight is 514 g/mol. The molecular formula is C24H20F6N2O4. The molecule has 2 aromatic heterocycles. The minimum absolute atomic E-state index is 1.27. The van der Waals surface area contributed by atoms with E-state index in [4.69, 9.17) is 19.8 Å². The summed E-state index contributed by atoms with van der Waals surface area (Å²) in [5, 5.41) is 20.1. The number of aryl methyl sites for hydroxylation is 2. The molecule has 0 aliphatic heterocycles. The van der Waals surface area contributed by atoms with Gasteiger partial charge in [-0.05, 0) is 24.3 Å². The summed E-state index contributed by atoms with van der Waals surface area (Å²) >= 11 is 0. The zero-order valence-corrected chi connectivity index (χ0v) is 18.9. The molecule has 2 aromatic carbocycles. The summed E-state index contributed by atoms with van der Waals surface area (Å²) in [6.07, 6.45) is -6.27. The highest BCUT2D eigenvalue weighted by molar-refractivity contribution is 5.75. The van der Waals surface area contributed by atoms with E-state index >= 15 is 0 Å². The minimum Gasteiger partial charge on any atom is -0.542 e. The fourth-order valence-corrected chi connectivity index (χ4v) is 2.61. The molecular weight excluding hydrogens is 494 g/mol. The van der Waals surface area contributed by atoms with Gasteiger partial charge in [0.2, 0.25) is 11.0 Å².